The van der Waals surface area contributed by atoms with Crippen molar-refractivity contribution >= 4 is 75.1 Å². The number of hydrogen-bond donors (Lipinski definition) is 0. The molecule has 3 heteroatoms. The van der Waals surface area contributed by atoms with Crippen LogP contribution in [0.1, 0.15) is 0 Å². The molecule has 0 spiro atoms. The number of para-hydroxylation sites is 3. The summed E-state index contributed by atoms with van der Waals surface area (Å²) in [6.45, 7) is 0. The average Bonchev–Trinajstić information content (AvgIpc) is 3.76. The molecule has 0 saturated heterocycles. The lowest BCUT2D eigenvalue weighted by atomic mass is 9.96. The first-order chi connectivity index (χ1) is 22.3. The van der Waals surface area contributed by atoms with Gasteiger partial charge in [0, 0.05) is 53.1 Å². The Morgan fingerprint density at radius 3 is 1.71 bits per heavy atom. The fourth-order valence-electron chi connectivity index (χ4n) is 7.45. The Labute approximate surface area is 263 Å². The number of rotatable bonds is 3. The first-order valence-corrected chi connectivity index (χ1v) is 16.2. The number of thiophene rings is 1. The van der Waals surface area contributed by atoms with Gasteiger partial charge >= 0.3 is 0 Å². The van der Waals surface area contributed by atoms with Crippen LogP contribution in [0.2, 0.25) is 0 Å². The molecule has 0 atom stereocenters. The fourth-order valence-corrected chi connectivity index (χ4v) is 8.60. The molecule has 0 amide bonds. The minimum absolute atomic E-state index is 1.17. The van der Waals surface area contributed by atoms with Gasteiger partial charge in [0.05, 0.1) is 22.1 Å². The van der Waals surface area contributed by atoms with Gasteiger partial charge in [-0.2, -0.15) is 0 Å². The second kappa shape index (κ2) is 9.43. The molecule has 3 heterocycles. The molecule has 0 fully saturated rings. The lowest BCUT2D eigenvalue weighted by Crippen LogP contribution is -1.94. The van der Waals surface area contributed by atoms with E-state index in [-0.39, 0.29) is 0 Å². The van der Waals surface area contributed by atoms with E-state index in [0.717, 1.165) is 0 Å². The van der Waals surface area contributed by atoms with E-state index in [1.807, 2.05) is 11.3 Å². The maximum Gasteiger partial charge on any atom is 0.0549 e. The van der Waals surface area contributed by atoms with Crippen molar-refractivity contribution in [2.45, 2.75) is 0 Å². The predicted octanol–water partition coefficient (Wildman–Crippen LogP) is 11.9. The number of fused-ring (bicyclic) bond motifs is 10. The Balaban J connectivity index is 1.39. The third kappa shape index (κ3) is 3.50. The maximum absolute atomic E-state index is 2.44. The van der Waals surface area contributed by atoms with E-state index < -0.39 is 0 Å². The summed E-state index contributed by atoms with van der Waals surface area (Å²) >= 11 is 1.88. The van der Waals surface area contributed by atoms with Gasteiger partial charge in [0.1, 0.15) is 0 Å². The summed E-state index contributed by atoms with van der Waals surface area (Å²) in [6, 6.07) is 57.6. The predicted molar refractivity (Wildman–Crippen MR) is 193 cm³/mol. The second-order valence-electron chi connectivity index (χ2n) is 11.7. The quantitative estimate of drug-likeness (QED) is 0.194. The number of hydrogen-bond acceptors (Lipinski definition) is 1. The van der Waals surface area contributed by atoms with Crippen molar-refractivity contribution in [3.8, 4) is 22.5 Å². The normalized spacial score (nSPS) is 12.0. The molecule has 0 unspecified atom stereocenters. The number of aromatic nitrogens is 2. The van der Waals surface area contributed by atoms with Crippen LogP contribution >= 0.6 is 11.3 Å². The number of nitrogens with zero attached hydrogens (tertiary/aromatic N) is 2. The van der Waals surface area contributed by atoms with Crippen molar-refractivity contribution in [3.05, 3.63) is 158 Å². The zero-order valence-corrected chi connectivity index (χ0v) is 25.1. The summed E-state index contributed by atoms with van der Waals surface area (Å²) in [5.41, 5.74) is 9.72. The molecule has 10 aromatic rings. The zero-order valence-electron chi connectivity index (χ0n) is 24.3. The Morgan fingerprint density at radius 1 is 0.356 bits per heavy atom. The van der Waals surface area contributed by atoms with Crippen LogP contribution in [0.15, 0.2) is 158 Å². The van der Waals surface area contributed by atoms with Crippen LogP contribution in [0.4, 0.5) is 0 Å². The van der Waals surface area contributed by atoms with E-state index in [1.165, 1.54) is 86.3 Å². The molecule has 0 bridgehead atoms. The van der Waals surface area contributed by atoms with Crippen molar-refractivity contribution in [3.63, 3.8) is 0 Å². The lowest BCUT2D eigenvalue weighted by molar-refractivity contribution is 1.17. The minimum Gasteiger partial charge on any atom is -0.309 e. The molecule has 0 radical (unpaired) electrons. The smallest absolute Gasteiger partial charge is 0.0549 e. The Morgan fingerprint density at radius 2 is 0.933 bits per heavy atom. The first kappa shape index (κ1) is 24.8. The van der Waals surface area contributed by atoms with Gasteiger partial charge in [0.25, 0.3) is 0 Å². The molecular weight excluding hydrogens is 565 g/mol. The second-order valence-corrected chi connectivity index (χ2v) is 12.8. The zero-order chi connectivity index (χ0) is 29.5. The van der Waals surface area contributed by atoms with E-state index in [9.17, 15) is 0 Å². The molecule has 2 nitrogen and oxygen atoms in total. The topological polar surface area (TPSA) is 9.86 Å². The van der Waals surface area contributed by atoms with Crippen LogP contribution in [0.25, 0.3) is 86.3 Å². The van der Waals surface area contributed by atoms with Crippen molar-refractivity contribution in [1.82, 2.24) is 9.13 Å². The number of benzene rings is 7. The third-order valence-electron chi connectivity index (χ3n) is 9.31. The highest BCUT2D eigenvalue weighted by Gasteiger charge is 2.22. The Hall–Kier alpha value is -5.64. The van der Waals surface area contributed by atoms with Crippen LogP contribution in [-0.2, 0) is 0 Å². The van der Waals surface area contributed by atoms with E-state index in [0.29, 0.717) is 0 Å². The molecular formula is C42H26N2S. The summed E-state index contributed by atoms with van der Waals surface area (Å²) in [6.07, 6.45) is 0. The molecule has 45 heavy (non-hydrogen) atoms. The molecule has 0 saturated carbocycles. The van der Waals surface area contributed by atoms with Gasteiger partial charge in [-0.3, -0.25) is 0 Å². The molecule has 3 aromatic heterocycles. The van der Waals surface area contributed by atoms with Crippen molar-refractivity contribution < 1.29 is 0 Å². The Kier molecular flexibility index (Phi) is 5.19. The van der Waals surface area contributed by atoms with E-state index >= 15 is 0 Å². The van der Waals surface area contributed by atoms with E-state index in [1.54, 1.807) is 0 Å². The van der Waals surface area contributed by atoms with Gasteiger partial charge < -0.3 is 9.13 Å². The Bertz CT molecular complexity index is 2740. The molecule has 0 aliphatic carbocycles. The summed E-state index contributed by atoms with van der Waals surface area (Å²) in [5, 5.41) is 7.80. The van der Waals surface area contributed by atoms with Crippen LogP contribution < -0.4 is 0 Å². The van der Waals surface area contributed by atoms with Gasteiger partial charge in [-0.1, -0.05) is 97.1 Å². The summed E-state index contributed by atoms with van der Waals surface area (Å²) in [5.74, 6) is 0. The highest BCUT2D eigenvalue weighted by molar-refractivity contribution is 7.25. The third-order valence-corrected chi connectivity index (χ3v) is 10.4. The SMILES string of the molecule is c1ccc(-n2c3ccccc3c3c4c5c(-c6ccc7c(c6)sc6ccccc67)cccc5n(-c5ccccc5)c4ccc32)cc1. The van der Waals surface area contributed by atoms with Crippen molar-refractivity contribution in [2.24, 2.45) is 0 Å². The van der Waals surface area contributed by atoms with Crippen LogP contribution in [0.5, 0.6) is 0 Å². The van der Waals surface area contributed by atoms with E-state index in [2.05, 4.69) is 167 Å². The van der Waals surface area contributed by atoms with Gasteiger partial charge in [-0.05, 0) is 71.8 Å². The first-order valence-electron chi connectivity index (χ1n) is 15.4. The molecule has 7 aromatic carbocycles. The van der Waals surface area contributed by atoms with Gasteiger partial charge in [0.15, 0.2) is 0 Å². The standard InChI is InChI=1S/C42H26N2S/c1-3-12-28(13-4-1)43-34-19-9-7-17-33(34)41-36(43)24-25-37-42(41)40-30(18-11-20-35(40)44(37)29-14-5-2-6-15-29)27-22-23-32-31-16-8-10-21-38(31)45-39(32)26-27/h1-26H. The van der Waals surface area contributed by atoms with Crippen molar-refractivity contribution in [1.29, 1.82) is 0 Å². The summed E-state index contributed by atoms with van der Waals surface area (Å²) in [4.78, 5) is 0. The minimum atomic E-state index is 1.17. The van der Waals surface area contributed by atoms with Gasteiger partial charge in [-0.15, -0.1) is 11.3 Å². The molecule has 0 aliphatic heterocycles. The molecule has 0 N–H and O–H groups in total. The van der Waals surface area contributed by atoms with Gasteiger partial charge in [0.2, 0.25) is 0 Å². The lowest BCUT2D eigenvalue weighted by Gasteiger charge is -2.09. The fraction of sp³-hybridized carbons (Fsp3) is 0. The van der Waals surface area contributed by atoms with E-state index in [4.69, 9.17) is 0 Å². The molecule has 10 rings (SSSR count). The summed E-state index contributed by atoms with van der Waals surface area (Å²) in [7, 11) is 0. The highest BCUT2D eigenvalue weighted by atomic mass is 32.1. The average molecular weight is 591 g/mol. The van der Waals surface area contributed by atoms with Crippen molar-refractivity contribution in [2.75, 3.05) is 0 Å². The molecule has 210 valence electrons. The van der Waals surface area contributed by atoms with Crippen LogP contribution in [0.3, 0.4) is 0 Å². The largest absolute Gasteiger partial charge is 0.309 e. The molecule has 0 aliphatic rings. The highest BCUT2D eigenvalue weighted by Crippen LogP contribution is 2.46. The van der Waals surface area contributed by atoms with Gasteiger partial charge in [-0.25, -0.2) is 0 Å². The summed E-state index contributed by atoms with van der Waals surface area (Å²) < 4.78 is 7.52. The monoisotopic (exact) mass is 590 g/mol. The van der Waals surface area contributed by atoms with Crippen LogP contribution in [0, 0.1) is 0 Å². The maximum atomic E-state index is 2.44. The van der Waals surface area contributed by atoms with Crippen LogP contribution in [-0.4, -0.2) is 9.13 Å².